The predicted octanol–water partition coefficient (Wildman–Crippen LogP) is 0.327. The number of nitrogens with two attached hydrogens (primary N) is 1. The number of amides is 1. The summed E-state index contributed by atoms with van der Waals surface area (Å²) in [6.45, 7) is -0.672. The van der Waals surface area contributed by atoms with E-state index in [0.717, 1.165) is 11.1 Å². The molecule has 6 N–H and O–H groups in total. The number of primary amides is 1. The van der Waals surface area contributed by atoms with Crippen molar-refractivity contribution in [1.29, 1.82) is 0 Å². The second kappa shape index (κ2) is 9.08. The summed E-state index contributed by atoms with van der Waals surface area (Å²) >= 11 is 6.32. The normalized spacial score (nSPS) is 27.3. The maximum absolute atomic E-state index is 11.2. The maximum atomic E-state index is 11.2. The van der Waals surface area contributed by atoms with E-state index in [9.17, 15) is 25.2 Å². The molecule has 0 radical (unpaired) electrons. The fraction of sp³-hybridized carbons (Fsp3) is 0.350. The van der Waals surface area contributed by atoms with Gasteiger partial charge in [0.25, 0.3) is 0 Å². The minimum atomic E-state index is -1.55. The Morgan fingerprint density at radius 1 is 1.07 bits per heavy atom. The Hall–Kier alpha value is -2.20. The largest absolute Gasteiger partial charge is 0.484 e. The van der Waals surface area contributed by atoms with Crippen LogP contribution in [-0.4, -0.2) is 70.1 Å². The van der Waals surface area contributed by atoms with E-state index in [1.807, 2.05) is 0 Å². The van der Waals surface area contributed by atoms with Gasteiger partial charge in [-0.3, -0.25) is 4.79 Å². The van der Waals surface area contributed by atoms with Crippen LogP contribution in [0.5, 0.6) is 5.75 Å². The van der Waals surface area contributed by atoms with Crippen molar-refractivity contribution in [3.05, 3.63) is 53.1 Å². The number of benzene rings is 2. The van der Waals surface area contributed by atoms with Crippen molar-refractivity contribution in [2.75, 3.05) is 13.2 Å². The lowest BCUT2D eigenvalue weighted by Gasteiger charge is -2.26. The summed E-state index contributed by atoms with van der Waals surface area (Å²) in [5.74, 6) is -0.265. The first-order valence-electron chi connectivity index (χ1n) is 8.95. The molecule has 9 heteroatoms. The fourth-order valence-corrected chi connectivity index (χ4v) is 3.31. The Morgan fingerprint density at radius 2 is 1.72 bits per heavy atom. The number of halogens is 1. The highest BCUT2D eigenvalue weighted by Gasteiger charge is 2.41. The van der Waals surface area contributed by atoms with Gasteiger partial charge in [0, 0.05) is 5.56 Å². The molecule has 3 rings (SSSR count). The lowest BCUT2D eigenvalue weighted by Crippen LogP contribution is -2.48. The lowest BCUT2D eigenvalue weighted by atomic mass is 10.0. The van der Waals surface area contributed by atoms with Crippen molar-refractivity contribution >= 4 is 17.5 Å². The zero-order valence-electron chi connectivity index (χ0n) is 15.3. The number of aliphatic hydroxyl groups is 4. The Kier molecular flexibility index (Phi) is 6.74. The number of hydrogen-bond donors (Lipinski definition) is 5. The van der Waals surface area contributed by atoms with Crippen LogP contribution in [0, 0.1) is 0 Å². The second-order valence-corrected chi connectivity index (χ2v) is 7.18. The van der Waals surface area contributed by atoms with Crippen LogP contribution in [0.2, 0.25) is 5.02 Å². The van der Waals surface area contributed by atoms with Crippen LogP contribution in [0.4, 0.5) is 0 Å². The van der Waals surface area contributed by atoms with E-state index in [-0.39, 0.29) is 17.4 Å². The average molecular weight is 424 g/mol. The van der Waals surface area contributed by atoms with Gasteiger partial charge in [-0.2, -0.15) is 0 Å². The number of aliphatic hydroxyl groups excluding tert-OH is 4. The van der Waals surface area contributed by atoms with Gasteiger partial charge >= 0.3 is 0 Å². The highest BCUT2D eigenvalue weighted by Crippen LogP contribution is 2.32. The molecule has 5 atom stereocenters. The third-order valence-electron chi connectivity index (χ3n) is 4.83. The van der Waals surface area contributed by atoms with Gasteiger partial charge in [0.1, 0.15) is 30.2 Å². The van der Waals surface area contributed by atoms with Crippen molar-refractivity contribution in [2.24, 2.45) is 5.73 Å². The monoisotopic (exact) mass is 423 g/mol. The lowest BCUT2D eigenvalue weighted by molar-refractivity contribution is -0.108. The van der Waals surface area contributed by atoms with E-state index in [0.29, 0.717) is 5.56 Å². The van der Waals surface area contributed by atoms with Crippen LogP contribution in [0.3, 0.4) is 0 Å². The summed E-state index contributed by atoms with van der Waals surface area (Å²) in [6.07, 6.45) is -6.49. The Morgan fingerprint density at radius 3 is 2.31 bits per heavy atom. The van der Waals surface area contributed by atoms with Gasteiger partial charge in [0.15, 0.2) is 6.10 Å². The number of rotatable bonds is 5. The molecule has 1 aliphatic heterocycles. The molecule has 156 valence electrons. The summed E-state index contributed by atoms with van der Waals surface area (Å²) in [5.41, 5.74) is 7.21. The van der Waals surface area contributed by atoms with Crippen LogP contribution in [0.15, 0.2) is 42.5 Å². The summed E-state index contributed by atoms with van der Waals surface area (Å²) in [5, 5.41) is 39.8. The van der Waals surface area contributed by atoms with Crippen LogP contribution >= 0.6 is 11.6 Å². The molecule has 2 aromatic carbocycles. The number of carbonyl (C=O) groups is 1. The van der Waals surface area contributed by atoms with Crippen LogP contribution in [0.1, 0.15) is 10.4 Å². The smallest absolute Gasteiger partial charge is 0.248 e. The van der Waals surface area contributed by atoms with Crippen LogP contribution in [0.25, 0.3) is 11.1 Å². The van der Waals surface area contributed by atoms with E-state index < -0.39 is 43.0 Å². The quantitative estimate of drug-likeness (QED) is 0.466. The Labute approximate surface area is 172 Å². The average Bonchev–Trinajstić information content (AvgIpc) is 2.82. The summed E-state index contributed by atoms with van der Waals surface area (Å²) in [7, 11) is 0. The molecule has 1 fully saturated rings. The number of hydrogen-bond acceptors (Lipinski definition) is 7. The highest BCUT2D eigenvalue weighted by molar-refractivity contribution is 6.32. The first kappa shape index (κ1) is 21.5. The SMILES string of the molecule is NC(=O)c1ccc(-c2ccc(O[C@H]3CO[C@H](CO)[C@@H](O)[C@H](O)[C@@H]3O)c(Cl)c2)cc1. The van der Waals surface area contributed by atoms with Gasteiger partial charge in [0.05, 0.1) is 18.2 Å². The molecular formula is C20H22ClNO7. The van der Waals surface area contributed by atoms with Gasteiger partial charge in [0.2, 0.25) is 5.91 Å². The van der Waals surface area contributed by atoms with Gasteiger partial charge in [-0.15, -0.1) is 0 Å². The third-order valence-corrected chi connectivity index (χ3v) is 5.12. The number of ether oxygens (including phenoxy) is 2. The molecule has 0 unspecified atom stereocenters. The molecule has 0 bridgehead atoms. The van der Waals surface area contributed by atoms with E-state index in [2.05, 4.69) is 0 Å². The Bertz CT molecular complexity index is 860. The predicted molar refractivity (Wildman–Crippen MR) is 105 cm³/mol. The molecule has 0 aromatic heterocycles. The van der Waals surface area contributed by atoms with Gasteiger partial charge in [-0.25, -0.2) is 0 Å². The van der Waals surface area contributed by atoms with E-state index in [1.54, 1.807) is 42.5 Å². The van der Waals surface area contributed by atoms with Crippen molar-refractivity contribution in [3.63, 3.8) is 0 Å². The first-order valence-corrected chi connectivity index (χ1v) is 9.32. The summed E-state index contributed by atoms with van der Waals surface area (Å²) < 4.78 is 11.0. The van der Waals surface area contributed by atoms with E-state index >= 15 is 0 Å². The zero-order chi connectivity index (χ0) is 21.1. The standard InChI is InChI=1S/C20H22ClNO7/c21-13-7-12(10-1-3-11(4-2-10)20(22)27)5-6-14(13)29-16-9-28-15(8-23)17(24)19(26)18(16)25/h1-7,15-19,23-26H,8-9H2,(H2,22,27)/t15-,16+,17-,18-,19+/m1/s1. The molecule has 0 spiro atoms. The van der Waals surface area contributed by atoms with Gasteiger partial charge in [-0.05, 0) is 35.4 Å². The summed E-state index contributed by atoms with van der Waals surface area (Å²) in [6, 6.07) is 11.7. The first-order chi connectivity index (χ1) is 13.8. The van der Waals surface area contributed by atoms with Crippen molar-refractivity contribution in [1.82, 2.24) is 0 Å². The molecule has 2 aromatic rings. The molecule has 1 saturated heterocycles. The maximum Gasteiger partial charge on any atom is 0.248 e. The molecule has 1 heterocycles. The molecule has 8 nitrogen and oxygen atoms in total. The van der Waals surface area contributed by atoms with Crippen LogP contribution in [-0.2, 0) is 4.74 Å². The van der Waals surface area contributed by atoms with Crippen molar-refractivity contribution < 1.29 is 34.7 Å². The van der Waals surface area contributed by atoms with Crippen LogP contribution < -0.4 is 10.5 Å². The van der Waals surface area contributed by atoms with Gasteiger partial charge < -0.3 is 35.6 Å². The fourth-order valence-electron chi connectivity index (χ4n) is 3.09. The molecule has 0 aliphatic carbocycles. The van der Waals surface area contributed by atoms with Gasteiger partial charge in [-0.1, -0.05) is 29.8 Å². The Balaban J connectivity index is 1.77. The zero-order valence-corrected chi connectivity index (χ0v) is 16.1. The second-order valence-electron chi connectivity index (χ2n) is 6.77. The molecule has 0 saturated carbocycles. The molecule has 1 aliphatic rings. The number of carbonyl (C=O) groups excluding carboxylic acids is 1. The topological polar surface area (TPSA) is 142 Å². The third kappa shape index (κ3) is 4.69. The van der Waals surface area contributed by atoms with Crippen molar-refractivity contribution in [3.8, 4) is 16.9 Å². The minimum absolute atomic E-state index is 0.160. The highest BCUT2D eigenvalue weighted by atomic mass is 35.5. The minimum Gasteiger partial charge on any atom is -0.484 e. The molecule has 29 heavy (non-hydrogen) atoms. The molecule has 1 amide bonds. The molecular weight excluding hydrogens is 402 g/mol. The van der Waals surface area contributed by atoms with E-state index in [4.69, 9.17) is 26.8 Å². The summed E-state index contributed by atoms with van der Waals surface area (Å²) in [4.78, 5) is 11.2. The van der Waals surface area contributed by atoms with Crippen molar-refractivity contribution in [2.45, 2.75) is 30.5 Å². The van der Waals surface area contributed by atoms with E-state index in [1.165, 1.54) is 0 Å².